The normalized spacial score (nSPS) is 11.2. The van der Waals surface area contributed by atoms with Gasteiger partial charge in [0.1, 0.15) is 0 Å². The Labute approximate surface area is 261 Å². The van der Waals surface area contributed by atoms with Crippen molar-refractivity contribution in [2.24, 2.45) is 0 Å². The second-order valence-corrected chi connectivity index (χ2v) is 11.0. The van der Waals surface area contributed by atoms with Crippen molar-refractivity contribution in [3.63, 3.8) is 0 Å². The first kappa shape index (κ1) is 26.5. The highest BCUT2D eigenvalue weighted by Gasteiger charge is 2.14. The third kappa shape index (κ3) is 5.11. The minimum atomic E-state index is 0.612. The predicted molar refractivity (Wildman–Crippen MR) is 182 cm³/mol. The summed E-state index contributed by atoms with van der Waals surface area (Å²) in [7, 11) is 0. The van der Waals surface area contributed by atoms with E-state index in [-0.39, 0.29) is 0 Å². The van der Waals surface area contributed by atoms with Crippen LogP contribution in [-0.2, 0) is 0 Å². The second kappa shape index (κ2) is 11.2. The molecule has 0 saturated heterocycles. The fourth-order valence-corrected chi connectivity index (χ4v) is 5.71. The Morgan fingerprint density at radius 1 is 0.356 bits per heavy atom. The molecule has 0 amide bonds. The van der Waals surface area contributed by atoms with Crippen molar-refractivity contribution < 1.29 is 0 Å². The van der Waals surface area contributed by atoms with E-state index in [1.54, 1.807) is 0 Å². The minimum absolute atomic E-state index is 0.612. The number of aromatic nitrogens is 5. The summed E-state index contributed by atoms with van der Waals surface area (Å²) in [5.41, 5.74) is 9.61. The van der Waals surface area contributed by atoms with Crippen molar-refractivity contribution in [1.29, 1.82) is 0 Å². The monoisotopic (exact) mass is 577 g/mol. The van der Waals surface area contributed by atoms with Crippen LogP contribution >= 0.6 is 0 Å². The molecule has 45 heavy (non-hydrogen) atoms. The van der Waals surface area contributed by atoms with Gasteiger partial charge in [0, 0.05) is 38.6 Å². The molecule has 0 radical (unpaired) electrons. The summed E-state index contributed by atoms with van der Waals surface area (Å²) in [6, 6.07) is 49.2. The zero-order chi connectivity index (χ0) is 30.2. The van der Waals surface area contributed by atoms with Gasteiger partial charge in [0.25, 0.3) is 0 Å². The standard InChI is InChI=1S/C40H27N5/c1-26-24-35(27-12-5-2-6-13-27)42-37-33(26)22-20-28-21-23-34(41-36(28)37)31-18-11-19-32(25-31)40-44-38(29-14-7-3-8-15-29)43-39(45-40)30-16-9-4-10-17-30/h2-25H,1H3. The molecule has 5 nitrogen and oxygen atoms in total. The number of benzene rings is 5. The van der Waals surface area contributed by atoms with Crippen LogP contribution in [-0.4, -0.2) is 24.9 Å². The summed E-state index contributed by atoms with van der Waals surface area (Å²) in [4.78, 5) is 25.0. The van der Waals surface area contributed by atoms with Crippen molar-refractivity contribution >= 4 is 21.8 Å². The number of aryl methyl sites for hydroxylation is 1. The van der Waals surface area contributed by atoms with Gasteiger partial charge in [-0.05, 0) is 30.7 Å². The summed E-state index contributed by atoms with van der Waals surface area (Å²) in [5.74, 6) is 1.88. The van der Waals surface area contributed by atoms with E-state index in [1.165, 1.54) is 5.56 Å². The molecular weight excluding hydrogens is 550 g/mol. The maximum atomic E-state index is 5.20. The summed E-state index contributed by atoms with van der Waals surface area (Å²) in [5, 5.41) is 2.16. The predicted octanol–water partition coefficient (Wildman–Crippen LogP) is 9.61. The number of fused-ring (bicyclic) bond motifs is 3. The van der Waals surface area contributed by atoms with Gasteiger partial charge in [0.2, 0.25) is 0 Å². The molecule has 0 atom stereocenters. The molecule has 3 aromatic heterocycles. The average Bonchev–Trinajstić information content (AvgIpc) is 3.12. The SMILES string of the molecule is Cc1cc(-c2ccccc2)nc2c1ccc1ccc(-c3cccc(-c4nc(-c5ccccc5)nc(-c5ccccc5)n4)c3)nc12. The third-order valence-corrected chi connectivity index (χ3v) is 8.03. The van der Waals surface area contributed by atoms with Crippen molar-refractivity contribution in [3.8, 4) is 56.7 Å². The summed E-state index contributed by atoms with van der Waals surface area (Å²) < 4.78 is 0. The maximum absolute atomic E-state index is 5.20. The summed E-state index contributed by atoms with van der Waals surface area (Å²) in [6.07, 6.45) is 0. The highest BCUT2D eigenvalue weighted by Crippen LogP contribution is 2.32. The molecule has 5 aromatic carbocycles. The van der Waals surface area contributed by atoms with Crippen LogP contribution in [0.2, 0.25) is 0 Å². The highest BCUT2D eigenvalue weighted by molar-refractivity contribution is 6.05. The molecule has 0 aliphatic carbocycles. The Hall–Kier alpha value is -6.07. The van der Waals surface area contributed by atoms with E-state index < -0.39 is 0 Å². The minimum Gasteiger partial charge on any atom is -0.245 e. The van der Waals surface area contributed by atoms with Gasteiger partial charge in [-0.3, -0.25) is 0 Å². The van der Waals surface area contributed by atoms with E-state index in [0.29, 0.717) is 17.5 Å². The first-order valence-electron chi connectivity index (χ1n) is 14.9. The molecule has 5 heteroatoms. The van der Waals surface area contributed by atoms with Crippen molar-refractivity contribution in [3.05, 3.63) is 151 Å². The lowest BCUT2D eigenvalue weighted by Crippen LogP contribution is -2.00. The van der Waals surface area contributed by atoms with Crippen LogP contribution in [0.4, 0.5) is 0 Å². The van der Waals surface area contributed by atoms with Crippen LogP contribution in [0, 0.1) is 6.92 Å². The Balaban J connectivity index is 1.26. The zero-order valence-corrected chi connectivity index (χ0v) is 24.6. The van der Waals surface area contributed by atoms with Gasteiger partial charge < -0.3 is 0 Å². The lowest BCUT2D eigenvalue weighted by Gasteiger charge is -2.11. The largest absolute Gasteiger partial charge is 0.245 e. The van der Waals surface area contributed by atoms with Crippen LogP contribution in [0.15, 0.2) is 146 Å². The fraction of sp³-hybridized carbons (Fsp3) is 0.0250. The van der Waals surface area contributed by atoms with Crippen LogP contribution < -0.4 is 0 Å². The maximum Gasteiger partial charge on any atom is 0.164 e. The molecule has 0 bridgehead atoms. The van der Waals surface area contributed by atoms with Crippen molar-refractivity contribution in [1.82, 2.24) is 24.9 Å². The van der Waals surface area contributed by atoms with Gasteiger partial charge >= 0.3 is 0 Å². The Morgan fingerprint density at radius 2 is 0.867 bits per heavy atom. The first-order chi connectivity index (χ1) is 22.2. The van der Waals surface area contributed by atoms with Crippen molar-refractivity contribution in [2.75, 3.05) is 0 Å². The van der Waals surface area contributed by atoms with Gasteiger partial charge in [-0.25, -0.2) is 24.9 Å². The molecule has 212 valence electrons. The second-order valence-electron chi connectivity index (χ2n) is 11.0. The number of hydrogen-bond donors (Lipinski definition) is 0. The fourth-order valence-electron chi connectivity index (χ4n) is 5.71. The molecule has 3 heterocycles. The molecular formula is C40H27N5. The van der Waals surface area contributed by atoms with Crippen LogP contribution in [0.3, 0.4) is 0 Å². The van der Waals surface area contributed by atoms with Crippen LogP contribution in [0.5, 0.6) is 0 Å². The van der Waals surface area contributed by atoms with E-state index >= 15 is 0 Å². The van der Waals surface area contributed by atoms with E-state index in [9.17, 15) is 0 Å². The lowest BCUT2D eigenvalue weighted by atomic mass is 10.0. The number of hydrogen-bond acceptors (Lipinski definition) is 5. The molecule has 0 fully saturated rings. The van der Waals surface area contributed by atoms with Gasteiger partial charge in [0.15, 0.2) is 17.5 Å². The first-order valence-corrected chi connectivity index (χ1v) is 14.9. The quantitative estimate of drug-likeness (QED) is 0.191. The molecule has 0 N–H and O–H groups in total. The number of nitrogens with zero attached hydrogens (tertiary/aromatic N) is 5. The molecule has 0 spiro atoms. The Morgan fingerprint density at radius 3 is 1.51 bits per heavy atom. The van der Waals surface area contributed by atoms with Gasteiger partial charge in [-0.2, -0.15) is 0 Å². The topological polar surface area (TPSA) is 64.5 Å². The number of rotatable bonds is 5. The Bertz CT molecular complexity index is 2260. The van der Waals surface area contributed by atoms with E-state index in [4.69, 9.17) is 24.9 Å². The van der Waals surface area contributed by atoms with Gasteiger partial charge in [-0.1, -0.05) is 127 Å². The summed E-state index contributed by atoms with van der Waals surface area (Å²) >= 11 is 0. The van der Waals surface area contributed by atoms with Gasteiger partial charge in [-0.15, -0.1) is 0 Å². The Kier molecular flexibility index (Phi) is 6.61. The molecule has 0 aliphatic heterocycles. The number of pyridine rings is 2. The molecule has 0 aliphatic rings. The zero-order valence-electron chi connectivity index (χ0n) is 24.6. The molecule has 8 rings (SSSR count). The summed E-state index contributed by atoms with van der Waals surface area (Å²) in [6.45, 7) is 2.14. The molecule has 0 saturated carbocycles. The highest BCUT2D eigenvalue weighted by atomic mass is 15.0. The van der Waals surface area contributed by atoms with Crippen molar-refractivity contribution in [2.45, 2.75) is 6.92 Å². The average molecular weight is 578 g/mol. The van der Waals surface area contributed by atoms with E-state index in [2.05, 4.69) is 61.5 Å². The van der Waals surface area contributed by atoms with Crippen LogP contribution in [0.1, 0.15) is 5.56 Å². The van der Waals surface area contributed by atoms with E-state index in [0.717, 1.165) is 61.0 Å². The van der Waals surface area contributed by atoms with Gasteiger partial charge in [0.05, 0.1) is 22.4 Å². The van der Waals surface area contributed by atoms with Crippen LogP contribution in [0.25, 0.3) is 78.5 Å². The smallest absolute Gasteiger partial charge is 0.164 e. The third-order valence-electron chi connectivity index (χ3n) is 8.03. The lowest BCUT2D eigenvalue weighted by molar-refractivity contribution is 1.07. The molecule has 0 unspecified atom stereocenters. The van der Waals surface area contributed by atoms with E-state index in [1.807, 2.05) is 91.0 Å². The molecule has 8 aromatic rings.